The number of ether oxygens (including phenoxy) is 1. The Morgan fingerprint density at radius 1 is 1.59 bits per heavy atom. The molecule has 1 aromatic heterocycles. The highest BCUT2D eigenvalue weighted by Gasteiger charge is 2.28. The molecule has 0 spiro atoms. The molecule has 0 amide bonds. The summed E-state index contributed by atoms with van der Waals surface area (Å²) in [7, 11) is 1.72. The highest BCUT2D eigenvalue weighted by molar-refractivity contribution is 5.81. The summed E-state index contributed by atoms with van der Waals surface area (Å²) in [5.41, 5.74) is 0. The predicted molar refractivity (Wildman–Crippen MR) is 80.2 cm³/mol. The maximum atomic E-state index is 11.9. The number of rotatable bonds is 4. The Morgan fingerprint density at radius 3 is 3.05 bits per heavy atom. The van der Waals surface area contributed by atoms with Crippen LogP contribution in [0, 0.1) is 12.8 Å². The zero-order valence-corrected chi connectivity index (χ0v) is 13.3. The third-order valence-corrected chi connectivity index (χ3v) is 3.53. The first-order valence-corrected chi connectivity index (χ1v) is 7.55. The van der Waals surface area contributed by atoms with Gasteiger partial charge in [0.1, 0.15) is 0 Å². The molecule has 0 unspecified atom stereocenters. The maximum Gasteiger partial charge on any atom is 0.310 e. The van der Waals surface area contributed by atoms with Crippen molar-refractivity contribution >= 4 is 11.9 Å². The van der Waals surface area contributed by atoms with E-state index in [1.54, 1.807) is 14.0 Å². The van der Waals surface area contributed by atoms with Gasteiger partial charge in [0.25, 0.3) is 0 Å². The Kier molecular flexibility index (Phi) is 5.74. The number of carbonyl (C=O) groups is 1. The molecule has 1 fully saturated rings. The van der Waals surface area contributed by atoms with E-state index in [1.165, 1.54) is 0 Å². The van der Waals surface area contributed by atoms with Crippen LogP contribution in [-0.2, 0) is 16.1 Å². The summed E-state index contributed by atoms with van der Waals surface area (Å²) in [6.45, 7) is 5.90. The van der Waals surface area contributed by atoms with Crippen LogP contribution in [0.15, 0.2) is 9.52 Å². The van der Waals surface area contributed by atoms with Gasteiger partial charge in [-0.3, -0.25) is 9.79 Å². The van der Waals surface area contributed by atoms with E-state index >= 15 is 0 Å². The Balaban J connectivity index is 1.91. The Morgan fingerprint density at radius 2 is 2.41 bits per heavy atom. The molecular weight excluding hydrogens is 286 g/mol. The summed E-state index contributed by atoms with van der Waals surface area (Å²) in [4.78, 5) is 22.4. The lowest BCUT2D eigenvalue weighted by molar-refractivity contribution is -0.149. The van der Waals surface area contributed by atoms with Crippen molar-refractivity contribution in [3.63, 3.8) is 0 Å². The first kappa shape index (κ1) is 16.3. The van der Waals surface area contributed by atoms with Gasteiger partial charge in [-0.15, -0.1) is 0 Å². The molecule has 1 aromatic rings. The number of likely N-dealkylation sites (tertiary alicyclic amines) is 1. The first-order valence-electron chi connectivity index (χ1n) is 7.55. The van der Waals surface area contributed by atoms with E-state index in [9.17, 15) is 4.79 Å². The minimum absolute atomic E-state index is 0.0975. The van der Waals surface area contributed by atoms with E-state index in [0.29, 0.717) is 31.4 Å². The summed E-state index contributed by atoms with van der Waals surface area (Å²) in [6, 6.07) is 0. The van der Waals surface area contributed by atoms with E-state index in [2.05, 4.69) is 25.3 Å². The Bertz CT molecular complexity index is 528. The molecule has 0 aliphatic carbocycles. The van der Waals surface area contributed by atoms with Crippen molar-refractivity contribution in [2.45, 2.75) is 33.2 Å². The second-order valence-corrected chi connectivity index (χ2v) is 5.17. The van der Waals surface area contributed by atoms with Crippen molar-refractivity contribution in [3.8, 4) is 0 Å². The number of guanidine groups is 1. The first-order chi connectivity index (χ1) is 10.6. The van der Waals surface area contributed by atoms with Crippen molar-refractivity contribution in [2.24, 2.45) is 10.9 Å². The van der Waals surface area contributed by atoms with Gasteiger partial charge in [-0.05, 0) is 19.8 Å². The minimum atomic E-state index is -0.128. The van der Waals surface area contributed by atoms with Gasteiger partial charge < -0.3 is 19.5 Å². The SMILES string of the molecule is CCOC(=O)[C@@H]1CCCN(C(=NC)NCc2noc(C)n2)C1. The number of aromatic nitrogens is 2. The molecule has 0 aromatic carbocycles. The average molecular weight is 309 g/mol. The molecule has 8 nitrogen and oxygen atoms in total. The largest absolute Gasteiger partial charge is 0.466 e. The Labute approximate surface area is 129 Å². The average Bonchev–Trinajstić information content (AvgIpc) is 2.94. The second-order valence-electron chi connectivity index (χ2n) is 5.17. The molecule has 2 rings (SSSR count). The van der Waals surface area contributed by atoms with E-state index in [4.69, 9.17) is 9.26 Å². The van der Waals surface area contributed by atoms with E-state index in [1.807, 2.05) is 6.92 Å². The summed E-state index contributed by atoms with van der Waals surface area (Å²) in [5, 5.41) is 7.04. The number of hydrogen-bond donors (Lipinski definition) is 1. The third kappa shape index (κ3) is 4.19. The molecule has 1 aliphatic heterocycles. The number of nitrogens with zero attached hydrogens (tertiary/aromatic N) is 4. The number of esters is 1. The van der Waals surface area contributed by atoms with Crippen LogP contribution < -0.4 is 5.32 Å². The summed E-state index contributed by atoms with van der Waals surface area (Å²) in [6.07, 6.45) is 1.79. The highest BCUT2D eigenvalue weighted by atomic mass is 16.5. The number of aryl methyl sites for hydroxylation is 1. The number of carbonyl (C=O) groups excluding carboxylic acids is 1. The van der Waals surface area contributed by atoms with Gasteiger partial charge in [-0.1, -0.05) is 5.16 Å². The monoisotopic (exact) mass is 309 g/mol. The standard InChI is InChI=1S/C14H23N5O3/c1-4-21-13(20)11-6-5-7-19(9-11)14(15-3)16-8-12-17-10(2)22-18-12/h11H,4-9H2,1-3H3,(H,15,16)/t11-/m1/s1. The van der Waals surface area contributed by atoms with Gasteiger partial charge in [0.15, 0.2) is 11.8 Å². The molecule has 0 radical (unpaired) electrons. The fourth-order valence-corrected chi connectivity index (χ4v) is 2.53. The molecule has 1 atom stereocenters. The molecule has 1 N–H and O–H groups in total. The molecule has 8 heteroatoms. The van der Waals surface area contributed by atoms with E-state index in [0.717, 1.165) is 25.3 Å². The van der Waals surface area contributed by atoms with Crippen molar-refractivity contribution < 1.29 is 14.1 Å². The van der Waals surface area contributed by atoms with Crippen molar-refractivity contribution in [1.29, 1.82) is 0 Å². The molecule has 2 heterocycles. The van der Waals surface area contributed by atoms with Crippen LogP contribution >= 0.6 is 0 Å². The summed E-state index contributed by atoms with van der Waals surface area (Å²) < 4.78 is 10.1. The number of hydrogen-bond acceptors (Lipinski definition) is 6. The molecule has 22 heavy (non-hydrogen) atoms. The lowest BCUT2D eigenvalue weighted by Gasteiger charge is -2.33. The molecule has 1 aliphatic rings. The highest BCUT2D eigenvalue weighted by Crippen LogP contribution is 2.18. The number of nitrogens with one attached hydrogen (secondary N) is 1. The Hall–Kier alpha value is -2.12. The minimum Gasteiger partial charge on any atom is -0.466 e. The third-order valence-electron chi connectivity index (χ3n) is 3.53. The van der Waals surface area contributed by atoms with Gasteiger partial charge in [0.2, 0.25) is 5.89 Å². The normalized spacial score (nSPS) is 19.1. The zero-order chi connectivity index (χ0) is 15.9. The maximum absolute atomic E-state index is 11.9. The lowest BCUT2D eigenvalue weighted by atomic mass is 9.98. The van der Waals surface area contributed by atoms with Crippen molar-refractivity contribution in [3.05, 3.63) is 11.7 Å². The van der Waals surface area contributed by atoms with Crippen LogP contribution in [0.1, 0.15) is 31.5 Å². The van der Waals surface area contributed by atoms with Gasteiger partial charge in [0.05, 0.1) is 19.1 Å². The van der Waals surface area contributed by atoms with Crippen LogP contribution in [0.25, 0.3) is 0 Å². The van der Waals surface area contributed by atoms with Crippen LogP contribution in [0.5, 0.6) is 0 Å². The summed E-state index contributed by atoms with van der Waals surface area (Å²) >= 11 is 0. The topological polar surface area (TPSA) is 92.8 Å². The second kappa shape index (κ2) is 7.77. The van der Waals surface area contributed by atoms with E-state index in [-0.39, 0.29) is 11.9 Å². The van der Waals surface area contributed by atoms with Gasteiger partial charge in [-0.25, -0.2) is 0 Å². The van der Waals surface area contributed by atoms with Crippen LogP contribution in [0.4, 0.5) is 0 Å². The molecule has 0 saturated carbocycles. The lowest BCUT2D eigenvalue weighted by Crippen LogP contribution is -2.48. The van der Waals surface area contributed by atoms with Gasteiger partial charge >= 0.3 is 5.97 Å². The van der Waals surface area contributed by atoms with Gasteiger partial charge in [0, 0.05) is 27.1 Å². The molecule has 1 saturated heterocycles. The molecule has 122 valence electrons. The fourth-order valence-electron chi connectivity index (χ4n) is 2.53. The fraction of sp³-hybridized carbons (Fsp3) is 0.714. The van der Waals surface area contributed by atoms with Crippen molar-refractivity contribution in [2.75, 3.05) is 26.7 Å². The van der Waals surface area contributed by atoms with Crippen LogP contribution in [0.2, 0.25) is 0 Å². The zero-order valence-electron chi connectivity index (χ0n) is 13.3. The van der Waals surface area contributed by atoms with Crippen molar-refractivity contribution in [1.82, 2.24) is 20.4 Å². The van der Waals surface area contributed by atoms with Crippen LogP contribution in [-0.4, -0.2) is 53.7 Å². The predicted octanol–water partition coefficient (Wildman–Crippen LogP) is 0.729. The van der Waals surface area contributed by atoms with E-state index < -0.39 is 0 Å². The quantitative estimate of drug-likeness (QED) is 0.498. The van der Waals surface area contributed by atoms with Crippen LogP contribution in [0.3, 0.4) is 0 Å². The summed E-state index contributed by atoms with van der Waals surface area (Å²) in [5.74, 6) is 1.62. The molecule has 0 bridgehead atoms. The van der Waals surface area contributed by atoms with Gasteiger partial charge in [-0.2, -0.15) is 4.98 Å². The number of piperidine rings is 1. The molecular formula is C14H23N5O3. The number of aliphatic imine (C=N–C) groups is 1. The smallest absolute Gasteiger partial charge is 0.310 e.